The van der Waals surface area contributed by atoms with Crippen LogP contribution in [-0.4, -0.2) is 57.7 Å². The number of para-hydroxylation sites is 1. The molecule has 1 amide bonds. The van der Waals surface area contributed by atoms with Gasteiger partial charge in [0.2, 0.25) is 5.91 Å². The second kappa shape index (κ2) is 9.70. The molecule has 144 valence electrons. The molecular weight excluding hydrogens is 342 g/mol. The third-order valence-corrected chi connectivity index (χ3v) is 4.44. The smallest absolute Gasteiger partial charge is 0.222 e. The number of guanidine groups is 1. The molecule has 8 nitrogen and oxygen atoms in total. The zero-order chi connectivity index (χ0) is 18.9. The maximum absolute atomic E-state index is 11.6. The standard InChI is InChI=1S/C19H27N7O/c1-2-20-19(21-11-7-13-25-12-6-10-18(25)27)22-14-17-24-23-15-26(17)16-8-4-3-5-9-16/h3-5,8-9,15H,2,6-7,10-14H2,1H3,(H2,20,21,22). The topological polar surface area (TPSA) is 87.4 Å². The van der Waals surface area contributed by atoms with Gasteiger partial charge in [0.1, 0.15) is 12.9 Å². The molecule has 1 aliphatic rings. The molecule has 0 aliphatic carbocycles. The average Bonchev–Trinajstić information content (AvgIpc) is 3.32. The van der Waals surface area contributed by atoms with Crippen molar-refractivity contribution in [3.63, 3.8) is 0 Å². The van der Waals surface area contributed by atoms with Gasteiger partial charge in [-0.05, 0) is 31.9 Å². The Hall–Kier alpha value is -2.90. The van der Waals surface area contributed by atoms with Crippen LogP contribution in [-0.2, 0) is 11.3 Å². The summed E-state index contributed by atoms with van der Waals surface area (Å²) in [5, 5.41) is 14.8. The highest BCUT2D eigenvalue weighted by molar-refractivity contribution is 5.79. The Balaban J connectivity index is 1.53. The Kier molecular flexibility index (Phi) is 6.78. The predicted molar refractivity (Wildman–Crippen MR) is 105 cm³/mol. The molecule has 0 bridgehead atoms. The first-order chi connectivity index (χ1) is 13.3. The number of likely N-dealkylation sites (tertiary alicyclic amines) is 1. The maximum atomic E-state index is 11.6. The third-order valence-electron chi connectivity index (χ3n) is 4.44. The number of aliphatic imine (C=N–C) groups is 1. The molecule has 2 N–H and O–H groups in total. The van der Waals surface area contributed by atoms with Crippen molar-refractivity contribution in [2.45, 2.75) is 32.7 Å². The van der Waals surface area contributed by atoms with Gasteiger partial charge in [0.05, 0.1) is 0 Å². The fourth-order valence-electron chi connectivity index (χ4n) is 3.08. The van der Waals surface area contributed by atoms with E-state index in [4.69, 9.17) is 0 Å². The minimum absolute atomic E-state index is 0.274. The van der Waals surface area contributed by atoms with Gasteiger partial charge in [-0.3, -0.25) is 9.36 Å². The second-order valence-corrected chi connectivity index (χ2v) is 6.41. The van der Waals surface area contributed by atoms with E-state index in [1.165, 1.54) is 0 Å². The molecule has 2 aromatic rings. The van der Waals surface area contributed by atoms with Crippen LogP contribution in [0.4, 0.5) is 0 Å². The number of carbonyl (C=O) groups excluding carboxylic acids is 1. The predicted octanol–water partition coefficient (Wildman–Crippen LogP) is 1.33. The molecule has 0 unspecified atom stereocenters. The Morgan fingerprint density at radius 2 is 2.11 bits per heavy atom. The van der Waals surface area contributed by atoms with Gasteiger partial charge >= 0.3 is 0 Å². The molecule has 27 heavy (non-hydrogen) atoms. The highest BCUT2D eigenvalue weighted by atomic mass is 16.2. The van der Waals surface area contributed by atoms with E-state index in [-0.39, 0.29) is 5.91 Å². The van der Waals surface area contributed by atoms with Gasteiger partial charge in [-0.2, -0.15) is 0 Å². The van der Waals surface area contributed by atoms with Gasteiger partial charge in [-0.1, -0.05) is 18.2 Å². The molecule has 2 heterocycles. The number of rotatable bonds is 8. The summed E-state index contributed by atoms with van der Waals surface area (Å²) in [6, 6.07) is 9.98. The number of nitrogens with one attached hydrogen (secondary N) is 2. The number of hydrogen-bond donors (Lipinski definition) is 2. The molecule has 0 spiro atoms. The van der Waals surface area contributed by atoms with Gasteiger partial charge in [0.25, 0.3) is 0 Å². The van der Waals surface area contributed by atoms with Gasteiger partial charge < -0.3 is 15.5 Å². The van der Waals surface area contributed by atoms with Crippen molar-refractivity contribution in [2.75, 3.05) is 26.2 Å². The number of amides is 1. The lowest BCUT2D eigenvalue weighted by atomic mass is 10.3. The van der Waals surface area contributed by atoms with Crippen LogP contribution < -0.4 is 10.6 Å². The zero-order valence-electron chi connectivity index (χ0n) is 15.8. The minimum Gasteiger partial charge on any atom is -0.357 e. The van der Waals surface area contributed by atoms with Gasteiger partial charge in [0, 0.05) is 38.3 Å². The van der Waals surface area contributed by atoms with Gasteiger partial charge in [-0.25, -0.2) is 4.99 Å². The van der Waals surface area contributed by atoms with Crippen LogP contribution in [0, 0.1) is 0 Å². The van der Waals surface area contributed by atoms with E-state index >= 15 is 0 Å². The van der Waals surface area contributed by atoms with Gasteiger partial charge in [-0.15, -0.1) is 10.2 Å². The second-order valence-electron chi connectivity index (χ2n) is 6.41. The minimum atomic E-state index is 0.274. The lowest BCUT2D eigenvalue weighted by molar-refractivity contribution is -0.127. The lowest BCUT2D eigenvalue weighted by Crippen LogP contribution is -2.39. The summed E-state index contributed by atoms with van der Waals surface area (Å²) >= 11 is 0. The molecule has 0 saturated carbocycles. The van der Waals surface area contributed by atoms with E-state index < -0.39 is 0 Å². The summed E-state index contributed by atoms with van der Waals surface area (Å²) < 4.78 is 1.94. The highest BCUT2D eigenvalue weighted by Gasteiger charge is 2.18. The Bertz CT molecular complexity index is 756. The molecular formula is C19H27N7O. The number of nitrogens with zero attached hydrogens (tertiary/aromatic N) is 5. The summed E-state index contributed by atoms with van der Waals surface area (Å²) in [7, 11) is 0. The quantitative estimate of drug-likeness (QED) is 0.416. The van der Waals surface area contributed by atoms with E-state index in [1.54, 1.807) is 6.33 Å². The normalized spacial score (nSPS) is 14.6. The zero-order valence-corrected chi connectivity index (χ0v) is 15.8. The van der Waals surface area contributed by atoms with Crippen LogP contribution >= 0.6 is 0 Å². The van der Waals surface area contributed by atoms with E-state index in [2.05, 4.69) is 25.8 Å². The number of hydrogen-bond acceptors (Lipinski definition) is 4. The van der Waals surface area contributed by atoms with E-state index in [0.717, 1.165) is 56.5 Å². The van der Waals surface area contributed by atoms with Crippen LogP contribution in [0.15, 0.2) is 41.7 Å². The van der Waals surface area contributed by atoms with E-state index in [0.29, 0.717) is 13.0 Å². The molecule has 3 rings (SSSR count). The van der Waals surface area contributed by atoms with Crippen molar-refractivity contribution in [1.82, 2.24) is 30.3 Å². The van der Waals surface area contributed by atoms with Crippen molar-refractivity contribution < 1.29 is 4.79 Å². The molecule has 0 atom stereocenters. The van der Waals surface area contributed by atoms with Gasteiger partial charge in [0.15, 0.2) is 11.8 Å². The Labute approximate surface area is 159 Å². The van der Waals surface area contributed by atoms with Crippen molar-refractivity contribution in [3.8, 4) is 5.69 Å². The molecule has 8 heteroatoms. The summed E-state index contributed by atoms with van der Waals surface area (Å²) in [5.41, 5.74) is 1.01. The summed E-state index contributed by atoms with van der Waals surface area (Å²) in [6.07, 6.45) is 4.28. The van der Waals surface area contributed by atoms with Crippen molar-refractivity contribution in [1.29, 1.82) is 0 Å². The molecule has 0 radical (unpaired) electrons. The van der Waals surface area contributed by atoms with Crippen LogP contribution in [0.2, 0.25) is 0 Å². The molecule has 1 saturated heterocycles. The largest absolute Gasteiger partial charge is 0.357 e. The van der Waals surface area contributed by atoms with E-state index in [9.17, 15) is 4.79 Å². The monoisotopic (exact) mass is 369 g/mol. The molecule has 1 aromatic heterocycles. The van der Waals surface area contributed by atoms with Crippen molar-refractivity contribution in [2.24, 2.45) is 4.99 Å². The summed E-state index contributed by atoms with van der Waals surface area (Å²) in [5.74, 6) is 1.80. The average molecular weight is 369 g/mol. The number of benzene rings is 1. The number of aromatic nitrogens is 3. The van der Waals surface area contributed by atoms with Crippen molar-refractivity contribution in [3.05, 3.63) is 42.5 Å². The van der Waals surface area contributed by atoms with Crippen LogP contribution in [0.1, 0.15) is 32.0 Å². The first-order valence-electron chi connectivity index (χ1n) is 9.52. The van der Waals surface area contributed by atoms with Crippen LogP contribution in [0.25, 0.3) is 5.69 Å². The fourth-order valence-corrected chi connectivity index (χ4v) is 3.08. The van der Waals surface area contributed by atoms with Crippen molar-refractivity contribution >= 4 is 11.9 Å². The molecule has 1 aromatic carbocycles. The van der Waals surface area contributed by atoms with E-state index in [1.807, 2.05) is 46.7 Å². The van der Waals surface area contributed by atoms with Crippen LogP contribution in [0.3, 0.4) is 0 Å². The summed E-state index contributed by atoms with van der Waals surface area (Å²) in [4.78, 5) is 18.2. The SMILES string of the molecule is CCNC(=NCc1nncn1-c1ccccc1)NCCCN1CCCC1=O. The van der Waals surface area contributed by atoms with Crippen LogP contribution in [0.5, 0.6) is 0 Å². The Morgan fingerprint density at radius 1 is 1.26 bits per heavy atom. The Morgan fingerprint density at radius 3 is 2.85 bits per heavy atom. The lowest BCUT2D eigenvalue weighted by Gasteiger charge is -2.16. The highest BCUT2D eigenvalue weighted by Crippen LogP contribution is 2.10. The third kappa shape index (κ3) is 5.29. The fraction of sp³-hybridized carbons (Fsp3) is 0.474. The maximum Gasteiger partial charge on any atom is 0.222 e. The first kappa shape index (κ1) is 18.9. The number of carbonyl (C=O) groups is 1. The molecule has 1 fully saturated rings. The first-order valence-corrected chi connectivity index (χ1v) is 9.52. The summed E-state index contributed by atoms with van der Waals surface area (Å²) in [6.45, 7) is 5.69. The molecule has 1 aliphatic heterocycles.